The molecule has 1 aromatic carbocycles. The Hall–Kier alpha value is -2.43. The number of hydrogen-bond donors (Lipinski definition) is 1. The molecule has 0 saturated heterocycles. The maximum atomic E-state index is 12.8. The van der Waals surface area contributed by atoms with Crippen LogP contribution < -0.4 is 5.32 Å². The minimum absolute atomic E-state index is 0.148. The zero-order chi connectivity index (χ0) is 16.1. The first-order chi connectivity index (χ1) is 10.5. The molecule has 2 rings (SSSR count). The van der Waals surface area contributed by atoms with E-state index in [2.05, 4.69) is 10.4 Å². The molecule has 22 heavy (non-hydrogen) atoms. The van der Waals surface area contributed by atoms with E-state index in [-0.39, 0.29) is 11.7 Å². The Morgan fingerprint density at radius 2 is 2.00 bits per heavy atom. The Bertz CT molecular complexity index is 687. The third-order valence-corrected chi connectivity index (χ3v) is 3.59. The van der Waals surface area contributed by atoms with Crippen LogP contribution in [0.25, 0.3) is 6.08 Å². The van der Waals surface area contributed by atoms with Crippen LogP contribution >= 0.6 is 0 Å². The van der Waals surface area contributed by atoms with Crippen molar-refractivity contribution in [1.29, 1.82) is 0 Å². The minimum atomic E-state index is -0.252. The highest BCUT2D eigenvalue weighted by Gasteiger charge is 2.06. The van der Waals surface area contributed by atoms with E-state index < -0.39 is 0 Å². The van der Waals surface area contributed by atoms with Gasteiger partial charge in [0, 0.05) is 30.9 Å². The second-order valence-electron chi connectivity index (χ2n) is 5.21. The summed E-state index contributed by atoms with van der Waals surface area (Å²) in [4.78, 5) is 11.8. The van der Waals surface area contributed by atoms with Gasteiger partial charge in [0.2, 0.25) is 5.91 Å². The molecule has 0 aliphatic rings. The van der Waals surface area contributed by atoms with Crippen LogP contribution in [0.4, 0.5) is 4.39 Å². The van der Waals surface area contributed by atoms with E-state index in [4.69, 9.17) is 0 Å². The highest BCUT2D eigenvalue weighted by molar-refractivity contribution is 5.91. The smallest absolute Gasteiger partial charge is 0.244 e. The van der Waals surface area contributed by atoms with Gasteiger partial charge in [-0.15, -0.1) is 0 Å². The Morgan fingerprint density at radius 3 is 2.59 bits per heavy atom. The van der Waals surface area contributed by atoms with E-state index in [0.717, 1.165) is 22.5 Å². The van der Waals surface area contributed by atoms with E-state index in [1.165, 1.54) is 18.2 Å². The molecule has 0 radical (unpaired) electrons. The quantitative estimate of drug-likeness (QED) is 0.863. The van der Waals surface area contributed by atoms with Crippen molar-refractivity contribution in [2.75, 3.05) is 6.54 Å². The van der Waals surface area contributed by atoms with E-state index in [0.29, 0.717) is 13.0 Å². The fourth-order valence-corrected chi connectivity index (χ4v) is 2.23. The number of aryl methyl sites for hydroxylation is 2. The Morgan fingerprint density at radius 1 is 1.32 bits per heavy atom. The SMILES string of the molecule is Cc1nn(C)c(C)c1/C=C/C(=O)NCCc1ccc(F)cc1. The van der Waals surface area contributed by atoms with Gasteiger partial charge < -0.3 is 5.32 Å². The molecule has 0 fully saturated rings. The summed E-state index contributed by atoms with van der Waals surface area (Å²) in [6.07, 6.45) is 3.97. The van der Waals surface area contributed by atoms with Crippen LogP contribution in [0.1, 0.15) is 22.5 Å². The zero-order valence-corrected chi connectivity index (χ0v) is 13.1. The van der Waals surface area contributed by atoms with Gasteiger partial charge in [0.05, 0.1) is 5.69 Å². The van der Waals surface area contributed by atoms with Crippen molar-refractivity contribution < 1.29 is 9.18 Å². The molecule has 1 aromatic heterocycles. The maximum Gasteiger partial charge on any atom is 0.244 e. The van der Waals surface area contributed by atoms with E-state index in [1.54, 1.807) is 22.9 Å². The second kappa shape index (κ2) is 7.02. The minimum Gasteiger partial charge on any atom is -0.352 e. The predicted octanol–water partition coefficient (Wildman–Crippen LogP) is 2.55. The molecule has 116 valence electrons. The van der Waals surface area contributed by atoms with Gasteiger partial charge in [-0.2, -0.15) is 5.10 Å². The molecule has 0 spiro atoms. The number of amides is 1. The largest absolute Gasteiger partial charge is 0.352 e. The topological polar surface area (TPSA) is 46.9 Å². The Kier molecular flexibility index (Phi) is 5.09. The molecule has 1 amide bonds. The fourth-order valence-electron chi connectivity index (χ4n) is 2.23. The number of hydrogen-bond acceptors (Lipinski definition) is 2. The van der Waals surface area contributed by atoms with Crippen LogP contribution in [0.15, 0.2) is 30.3 Å². The van der Waals surface area contributed by atoms with Crippen LogP contribution in [0.3, 0.4) is 0 Å². The van der Waals surface area contributed by atoms with Gasteiger partial charge in [-0.25, -0.2) is 4.39 Å². The molecule has 0 unspecified atom stereocenters. The van der Waals surface area contributed by atoms with Gasteiger partial charge in [0.25, 0.3) is 0 Å². The number of aromatic nitrogens is 2. The molecular formula is C17H20FN3O. The molecule has 0 aliphatic carbocycles. The number of rotatable bonds is 5. The molecule has 2 aromatic rings. The number of halogens is 1. The summed E-state index contributed by atoms with van der Waals surface area (Å²) in [5.41, 5.74) is 3.88. The average Bonchev–Trinajstić information content (AvgIpc) is 2.72. The summed E-state index contributed by atoms with van der Waals surface area (Å²) < 4.78 is 14.6. The monoisotopic (exact) mass is 301 g/mol. The number of nitrogens with one attached hydrogen (secondary N) is 1. The van der Waals surface area contributed by atoms with Crippen molar-refractivity contribution in [1.82, 2.24) is 15.1 Å². The van der Waals surface area contributed by atoms with Gasteiger partial charge in [-0.05, 0) is 44.0 Å². The summed E-state index contributed by atoms with van der Waals surface area (Å²) in [5, 5.41) is 7.12. The number of carbonyl (C=O) groups is 1. The summed E-state index contributed by atoms with van der Waals surface area (Å²) >= 11 is 0. The molecule has 0 aliphatic heterocycles. The Balaban J connectivity index is 1.85. The molecule has 1 N–H and O–H groups in total. The van der Waals surface area contributed by atoms with E-state index >= 15 is 0 Å². The number of carbonyl (C=O) groups excluding carboxylic acids is 1. The zero-order valence-electron chi connectivity index (χ0n) is 13.1. The van der Waals surface area contributed by atoms with Gasteiger partial charge in [0.15, 0.2) is 0 Å². The molecule has 0 bridgehead atoms. The standard InChI is InChI=1S/C17H20FN3O/c1-12-16(13(2)21(3)20-12)8-9-17(22)19-11-10-14-4-6-15(18)7-5-14/h4-9H,10-11H2,1-3H3,(H,19,22)/b9-8+. The molecule has 4 nitrogen and oxygen atoms in total. The van der Waals surface area contributed by atoms with Crippen LogP contribution in [0, 0.1) is 19.7 Å². The lowest BCUT2D eigenvalue weighted by molar-refractivity contribution is -0.116. The third kappa shape index (κ3) is 4.04. The fraction of sp³-hybridized carbons (Fsp3) is 0.294. The number of nitrogens with zero attached hydrogens (tertiary/aromatic N) is 2. The summed E-state index contributed by atoms with van der Waals surface area (Å²) in [5.74, 6) is -0.400. The average molecular weight is 301 g/mol. The van der Waals surface area contributed by atoms with Crippen molar-refractivity contribution >= 4 is 12.0 Å². The highest BCUT2D eigenvalue weighted by atomic mass is 19.1. The first kappa shape index (κ1) is 15.9. The van der Waals surface area contributed by atoms with E-state index in [9.17, 15) is 9.18 Å². The lowest BCUT2D eigenvalue weighted by Gasteiger charge is -2.03. The third-order valence-electron chi connectivity index (χ3n) is 3.59. The van der Waals surface area contributed by atoms with Crippen molar-refractivity contribution in [3.8, 4) is 0 Å². The highest BCUT2D eigenvalue weighted by Crippen LogP contribution is 2.13. The molecule has 0 saturated carbocycles. The Labute approximate surface area is 129 Å². The van der Waals surface area contributed by atoms with Crippen molar-refractivity contribution in [2.45, 2.75) is 20.3 Å². The van der Waals surface area contributed by atoms with Gasteiger partial charge in [-0.3, -0.25) is 9.48 Å². The number of benzene rings is 1. The second-order valence-corrected chi connectivity index (χ2v) is 5.21. The van der Waals surface area contributed by atoms with Gasteiger partial charge in [-0.1, -0.05) is 12.1 Å². The summed E-state index contributed by atoms with van der Waals surface area (Å²) in [7, 11) is 1.88. The van der Waals surface area contributed by atoms with Gasteiger partial charge in [0.1, 0.15) is 5.82 Å². The van der Waals surface area contributed by atoms with Crippen LogP contribution in [-0.4, -0.2) is 22.2 Å². The maximum absolute atomic E-state index is 12.8. The van der Waals surface area contributed by atoms with Crippen LogP contribution in [0.2, 0.25) is 0 Å². The predicted molar refractivity (Wildman–Crippen MR) is 84.8 cm³/mol. The first-order valence-electron chi connectivity index (χ1n) is 7.18. The molecule has 5 heteroatoms. The molecular weight excluding hydrogens is 281 g/mol. The normalized spacial score (nSPS) is 11.1. The lowest BCUT2D eigenvalue weighted by atomic mass is 10.1. The first-order valence-corrected chi connectivity index (χ1v) is 7.18. The molecule has 1 heterocycles. The van der Waals surface area contributed by atoms with Crippen LogP contribution in [0.5, 0.6) is 0 Å². The van der Waals surface area contributed by atoms with Crippen molar-refractivity contribution in [3.05, 3.63) is 58.7 Å². The summed E-state index contributed by atoms with van der Waals surface area (Å²) in [6, 6.07) is 6.29. The van der Waals surface area contributed by atoms with Crippen LogP contribution in [-0.2, 0) is 18.3 Å². The van der Waals surface area contributed by atoms with Crippen molar-refractivity contribution in [2.24, 2.45) is 7.05 Å². The lowest BCUT2D eigenvalue weighted by Crippen LogP contribution is -2.23. The molecule has 0 atom stereocenters. The van der Waals surface area contributed by atoms with Gasteiger partial charge >= 0.3 is 0 Å². The van der Waals surface area contributed by atoms with E-state index in [1.807, 2.05) is 20.9 Å². The summed E-state index contributed by atoms with van der Waals surface area (Å²) in [6.45, 7) is 4.39. The van der Waals surface area contributed by atoms with Crippen molar-refractivity contribution in [3.63, 3.8) is 0 Å².